The molecule has 0 aliphatic rings. The van der Waals surface area contributed by atoms with E-state index >= 15 is 0 Å². The molecule has 0 aliphatic carbocycles. The van der Waals surface area contributed by atoms with Crippen LogP contribution in [0.15, 0.2) is 29.2 Å². The number of nitriles is 1. The number of hydrogen-bond acceptors (Lipinski definition) is 4. The summed E-state index contributed by atoms with van der Waals surface area (Å²) in [6, 6.07) is 9.09. The minimum absolute atomic E-state index is 0.307. The molecule has 0 saturated heterocycles. The van der Waals surface area contributed by atoms with Gasteiger partial charge in [-0.25, -0.2) is 5.48 Å². The smallest absolute Gasteiger partial charge is 0.275 e. The van der Waals surface area contributed by atoms with Crippen LogP contribution in [0.1, 0.15) is 10.4 Å². The van der Waals surface area contributed by atoms with Crippen molar-refractivity contribution in [3.63, 3.8) is 0 Å². The molecule has 0 spiro atoms. The monoisotopic (exact) mass is 222 g/mol. The van der Waals surface area contributed by atoms with Gasteiger partial charge in [-0.3, -0.25) is 9.63 Å². The molecule has 1 N–H and O–H groups in total. The summed E-state index contributed by atoms with van der Waals surface area (Å²) < 4.78 is 0. The Morgan fingerprint density at radius 3 is 3.00 bits per heavy atom. The van der Waals surface area contributed by atoms with Crippen molar-refractivity contribution < 1.29 is 9.63 Å². The topological polar surface area (TPSA) is 62.1 Å². The summed E-state index contributed by atoms with van der Waals surface area (Å²) >= 11 is 1.32. The number of carbonyl (C=O) groups excluding carboxylic acids is 1. The Morgan fingerprint density at radius 2 is 2.33 bits per heavy atom. The third-order valence-corrected chi connectivity index (χ3v) is 2.56. The average molecular weight is 222 g/mol. The maximum Gasteiger partial charge on any atom is 0.275 e. The molecular formula is C10H10N2O2S. The molecule has 4 nitrogen and oxygen atoms in total. The molecule has 1 aromatic rings. The van der Waals surface area contributed by atoms with Crippen molar-refractivity contribution in [3.05, 3.63) is 29.8 Å². The van der Waals surface area contributed by atoms with Gasteiger partial charge in [-0.2, -0.15) is 5.26 Å². The third kappa shape index (κ3) is 3.27. The standard InChI is InChI=1S/C10H10N2O2S/c1-14-12-10(13)8-4-2-3-5-9(8)15-7-6-11/h2-5H,7H2,1H3,(H,12,13). The van der Waals surface area contributed by atoms with Crippen LogP contribution in [0.25, 0.3) is 0 Å². The molecule has 1 aromatic carbocycles. The van der Waals surface area contributed by atoms with E-state index in [1.54, 1.807) is 18.2 Å². The number of rotatable bonds is 4. The fourth-order valence-electron chi connectivity index (χ4n) is 1.04. The molecule has 15 heavy (non-hydrogen) atoms. The number of nitrogens with zero attached hydrogens (tertiary/aromatic N) is 1. The van der Waals surface area contributed by atoms with Gasteiger partial charge in [0.1, 0.15) is 0 Å². The zero-order valence-corrected chi connectivity index (χ0v) is 9.00. The highest BCUT2D eigenvalue weighted by atomic mass is 32.2. The van der Waals surface area contributed by atoms with Crippen LogP contribution in [0.3, 0.4) is 0 Å². The molecule has 0 fully saturated rings. The van der Waals surface area contributed by atoms with E-state index in [9.17, 15) is 4.79 Å². The highest BCUT2D eigenvalue weighted by molar-refractivity contribution is 7.99. The number of carbonyl (C=O) groups is 1. The second-order valence-electron chi connectivity index (χ2n) is 2.58. The van der Waals surface area contributed by atoms with Crippen molar-refractivity contribution in [2.75, 3.05) is 12.9 Å². The van der Waals surface area contributed by atoms with Crippen LogP contribution in [-0.2, 0) is 4.84 Å². The summed E-state index contributed by atoms with van der Waals surface area (Å²) in [4.78, 5) is 16.8. The predicted octanol–water partition coefficient (Wildman–Crippen LogP) is 1.59. The Morgan fingerprint density at radius 1 is 1.60 bits per heavy atom. The van der Waals surface area contributed by atoms with E-state index in [0.717, 1.165) is 4.90 Å². The van der Waals surface area contributed by atoms with Crippen LogP contribution < -0.4 is 5.48 Å². The molecule has 0 unspecified atom stereocenters. The maximum atomic E-state index is 11.5. The first-order chi connectivity index (χ1) is 7.29. The molecule has 0 atom stereocenters. The number of hydrogen-bond donors (Lipinski definition) is 1. The summed E-state index contributed by atoms with van der Waals surface area (Å²) in [5.74, 6) is 0.00983. The van der Waals surface area contributed by atoms with E-state index in [0.29, 0.717) is 11.3 Å². The van der Waals surface area contributed by atoms with Gasteiger partial charge >= 0.3 is 0 Å². The average Bonchev–Trinajstić information content (AvgIpc) is 2.27. The normalized spacial score (nSPS) is 9.33. The molecule has 0 radical (unpaired) electrons. The van der Waals surface area contributed by atoms with Crippen LogP contribution in [0.2, 0.25) is 0 Å². The van der Waals surface area contributed by atoms with Crippen molar-refractivity contribution in [2.45, 2.75) is 4.90 Å². The Kier molecular flexibility index (Phi) is 4.68. The summed E-state index contributed by atoms with van der Waals surface area (Å²) in [6.45, 7) is 0. The third-order valence-electron chi connectivity index (χ3n) is 1.62. The molecular weight excluding hydrogens is 212 g/mol. The lowest BCUT2D eigenvalue weighted by Gasteiger charge is -2.06. The molecule has 0 saturated carbocycles. The molecule has 0 aliphatic heterocycles. The number of nitrogens with one attached hydrogen (secondary N) is 1. The second kappa shape index (κ2) is 6.06. The minimum Gasteiger partial charge on any atom is -0.277 e. The van der Waals surface area contributed by atoms with Gasteiger partial charge in [0.05, 0.1) is 24.5 Å². The highest BCUT2D eigenvalue weighted by Crippen LogP contribution is 2.21. The lowest BCUT2D eigenvalue weighted by Crippen LogP contribution is -2.22. The van der Waals surface area contributed by atoms with E-state index < -0.39 is 0 Å². The van der Waals surface area contributed by atoms with Gasteiger partial charge in [0.15, 0.2) is 0 Å². The highest BCUT2D eigenvalue weighted by Gasteiger charge is 2.10. The van der Waals surface area contributed by atoms with Crippen LogP contribution in [0.5, 0.6) is 0 Å². The molecule has 0 heterocycles. The van der Waals surface area contributed by atoms with Crippen LogP contribution in [0, 0.1) is 11.3 Å². The van der Waals surface area contributed by atoms with E-state index in [4.69, 9.17) is 5.26 Å². The van der Waals surface area contributed by atoms with Crippen molar-refractivity contribution in [2.24, 2.45) is 0 Å². The molecule has 0 aromatic heterocycles. The Labute approximate surface area is 92.2 Å². The minimum atomic E-state index is -0.307. The van der Waals surface area contributed by atoms with E-state index in [1.807, 2.05) is 12.1 Å². The molecule has 0 bridgehead atoms. The lowest BCUT2D eigenvalue weighted by atomic mass is 10.2. The van der Waals surface area contributed by atoms with Gasteiger partial charge in [0.25, 0.3) is 5.91 Å². The van der Waals surface area contributed by atoms with Crippen molar-refractivity contribution in [1.82, 2.24) is 5.48 Å². The predicted molar refractivity (Wildman–Crippen MR) is 57.3 cm³/mol. The molecule has 1 amide bonds. The zero-order chi connectivity index (χ0) is 11.1. The largest absolute Gasteiger partial charge is 0.277 e. The first kappa shape index (κ1) is 11.6. The number of benzene rings is 1. The van der Waals surface area contributed by atoms with E-state index in [1.165, 1.54) is 18.9 Å². The lowest BCUT2D eigenvalue weighted by molar-refractivity contribution is 0.0534. The first-order valence-electron chi connectivity index (χ1n) is 4.21. The maximum absolute atomic E-state index is 11.5. The molecule has 78 valence electrons. The Hall–Kier alpha value is -1.51. The second-order valence-corrected chi connectivity index (χ2v) is 3.60. The summed E-state index contributed by atoms with van der Waals surface area (Å²) in [5.41, 5.74) is 2.76. The number of amides is 1. The zero-order valence-electron chi connectivity index (χ0n) is 8.19. The van der Waals surface area contributed by atoms with Gasteiger partial charge in [0, 0.05) is 4.90 Å². The van der Waals surface area contributed by atoms with E-state index in [2.05, 4.69) is 10.3 Å². The number of hydroxylamine groups is 1. The summed E-state index contributed by atoms with van der Waals surface area (Å²) in [6.07, 6.45) is 0. The summed E-state index contributed by atoms with van der Waals surface area (Å²) in [7, 11) is 1.38. The quantitative estimate of drug-likeness (QED) is 0.620. The van der Waals surface area contributed by atoms with Gasteiger partial charge < -0.3 is 0 Å². The Bertz CT molecular complexity index is 387. The van der Waals surface area contributed by atoms with Gasteiger partial charge in [-0.05, 0) is 12.1 Å². The molecule has 1 rings (SSSR count). The number of thioether (sulfide) groups is 1. The van der Waals surface area contributed by atoms with Gasteiger partial charge in [-0.1, -0.05) is 12.1 Å². The molecule has 5 heteroatoms. The van der Waals surface area contributed by atoms with Gasteiger partial charge in [-0.15, -0.1) is 11.8 Å². The Balaban J connectivity index is 2.86. The van der Waals surface area contributed by atoms with E-state index in [-0.39, 0.29) is 5.91 Å². The fourth-order valence-corrected chi connectivity index (χ4v) is 1.75. The summed E-state index contributed by atoms with van der Waals surface area (Å²) in [5, 5.41) is 8.46. The van der Waals surface area contributed by atoms with Gasteiger partial charge in [0.2, 0.25) is 0 Å². The van der Waals surface area contributed by atoms with Crippen LogP contribution >= 0.6 is 11.8 Å². The fraction of sp³-hybridized carbons (Fsp3) is 0.200. The SMILES string of the molecule is CONC(=O)c1ccccc1SCC#N. The first-order valence-corrected chi connectivity index (χ1v) is 5.20. The van der Waals surface area contributed by atoms with Crippen LogP contribution in [-0.4, -0.2) is 18.8 Å². The van der Waals surface area contributed by atoms with Crippen molar-refractivity contribution >= 4 is 17.7 Å². The van der Waals surface area contributed by atoms with Crippen molar-refractivity contribution in [1.29, 1.82) is 5.26 Å². The van der Waals surface area contributed by atoms with Crippen molar-refractivity contribution in [3.8, 4) is 6.07 Å². The van der Waals surface area contributed by atoms with Crippen LogP contribution in [0.4, 0.5) is 0 Å².